The van der Waals surface area contributed by atoms with Gasteiger partial charge in [-0.2, -0.15) is 5.10 Å². The number of anilines is 1. The molecule has 3 aromatic heterocycles. The molecule has 1 aliphatic rings. The van der Waals surface area contributed by atoms with Crippen LogP contribution in [0.3, 0.4) is 0 Å². The maximum absolute atomic E-state index is 12.9. The summed E-state index contributed by atoms with van der Waals surface area (Å²) in [6.45, 7) is 2.92. The number of pyridine rings is 1. The topological polar surface area (TPSA) is 54.3 Å². The van der Waals surface area contributed by atoms with Crippen LogP contribution >= 0.6 is 11.3 Å². The highest BCUT2D eigenvalue weighted by atomic mass is 32.1. The molecular formula is C25H23N5OS. The first-order valence-electron chi connectivity index (χ1n) is 10.6. The lowest BCUT2D eigenvalue weighted by Gasteiger charge is -2.34. The van der Waals surface area contributed by atoms with Crippen LogP contribution in [0.15, 0.2) is 84.5 Å². The molecule has 1 fully saturated rings. The summed E-state index contributed by atoms with van der Waals surface area (Å²) in [5.74, 6) is 0.985. The average molecular weight is 442 g/mol. The van der Waals surface area contributed by atoms with Gasteiger partial charge in [0.1, 0.15) is 11.5 Å². The van der Waals surface area contributed by atoms with Crippen molar-refractivity contribution in [2.45, 2.75) is 0 Å². The molecule has 0 atom stereocenters. The van der Waals surface area contributed by atoms with E-state index in [2.05, 4.69) is 16.0 Å². The van der Waals surface area contributed by atoms with Crippen molar-refractivity contribution >= 4 is 29.1 Å². The van der Waals surface area contributed by atoms with Gasteiger partial charge in [0, 0.05) is 50.2 Å². The van der Waals surface area contributed by atoms with E-state index in [0.29, 0.717) is 13.1 Å². The van der Waals surface area contributed by atoms with E-state index in [1.807, 2.05) is 81.8 Å². The third kappa shape index (κ3) is 4.33. The number of carbonyl (C=O) groups is 1. The van der Waals surface area contributed by atoms with Crippen molar-refractivity contribution in [3.05, 3.63) is 90.1 Å². The molecule has 1 aromatic carbocycles. The van der Waals surface area contributed by atoms with E-state index < -0.39 is 0 Å². The molecule has 5 rings (SSSR count). The Balaban J connectivity index is 1.32. The lowest BCUT2D eigenvalue weighted by atomic mass is 10.2. The molecule has 160 valence electrons. The first-order valence-corrected chi connectivity index (χ1v) is 11.5. The summed E-state index contributed by atoms with van der Waals surface area (Å²) in [6.07, 6.45) is 7.33. The number of thiophene rings is 1. The maximum atomic E-state index is 12.9. The Labute approximate surface area is 191 Å². The summed E-state index contributed by atoms with van der Waals surface area (Å²) >= 11 is 1.64. The second kappa shape index (κ2) is 9.20. The summed E-state index contributed by atoms with van der Waals surface area (Å²) in [6, 6.07) is 20.0. The number of hydrogen-bond acceptors (Lipinski definition) is 5. The van der Waals surface area contributed by atoms with Crippen LogP contribution in [0.4, 0.5) is 5.82 Å². The normalized spacial score (nSPS) is 14.2. The van der Waals surface area contributed by atoms with E-state index in [9.17, 15) is 4.79 Å². The largest absolute Gasteiger partial charge is 0.353 e. The highest BCUT2D eigenvalue weighted by Gasteiger charge is 2.20. The van der Waals surface area contributed by atoms with Gasteiger partial charge >= 0.3 is 0 Å². The molecule has 0 radical (unpaired) electrons. The van der Waals surface area contributed by atoms with Gasteiger partial charge in [-0.3, -0.25) is 4.79 Å². The van der Waals surface area contributed by atoms with Crippen molar-refractivity contribution in [1.29, 1.82) is 0 Å². The molecule has 1 aliphatic heterocycles. The zero-order chi connectivity index (χ0) is 21.8. The number of amides is 1. The Morgan fingerprint density at radius 2 is 1.75 bits per heavy atom. The number of hydrogen-bond donors (Lipinski definition) is 0. The zero-order valence-corrected chi connectivity index (χ0v) is 18.4. The molecule has 4 heterocycles. The second-order valence-corrected chi connectivity index (χ2v) is 8.47. The quantitative estimate of drug-likeness (QED) is 0.432. The maximum Gasteiger partial charge on any atom is 0.246 e. The minimum absolute atomic E-state index is 0.0234. The molecule has 1 amide bonds. The molecule has 1 saturated heterocycles. The Hall–Kier alpha value is -3.71. The Bertz CT molecular complexity index is 1190. The van der Waals surface area contributed by atoms with Gasteiger partial charge in [-0.05, 0) is 41.8 Å². The molecule has 7 heteroatoms. The van der Waals surface area contributed by atoms with Crippen LogP contribution < -0.4 is 4.90 Å². The van der Waals surface area contributed by atoms with Gasteiger partial charge in [-0.25, -0.2) is 9.67 Å². The second-order valence-electron chi connectivity index (χ2n) is 7.52. The van der Waals surface area contributed by atoms with Gasteiger partial charge in [-0.15, -0.1) is 11.3 Å². The average Bonchev–Trinajstić information content (AvgIpc) is 3.54. The van der Waals surface area contributed by atoms with E-state index in [4.69, 9.17) is 5.10 Å². The monoisotopic (exact) mass is 441 g/mol. The number of nitrogens with zero attached hydrogens (tertiary/aromatic N) is 5. The van der Waals surface area contributed by atoms with Crippen molar-refractivity contribution in [3.63, 3.8) is 0 Å². The van der Waals surface area contributed by atoms with Crippen LogP contribution in [0.1, 0.15) is 5.56 Å². The van der Waals surface area contributed by atoms with Crippen molar-refractivity contribution < 1.29 is 4.79 Å². The molecule has 0 bridgehead atoms. The molecule has 6 nitrogen and oxygen atoms in total. The van der Waals surface area contributed by atoms with Crippen LogP contribution in [0.5, 0.6) is 0 Å². The van der Waals surface area contributed by atoms with Crippen molar-refractivity contribution in [2.24, 2.45) is 0 Å². The molecule has 4 aromatic rings. The first-order chi connectivity index (χ1) is 15.8. The summed E-state index contributed by atoms with van der Waals surface area (Å²) in [5.41, 5.74) is 2.80. The Morgan fingerprint density at radius 3 is 2.47 bits per heavy atom. The Kier molecular flexibility index (Phi) is 5.81. The molecular weight excluding hydrogens is 418 g/mol. The lowest BCUT2D eigenvalue weighted by Crippen LogP contribution is -2.48. The van der Waals surface area contributed by atoms with Crippen LogP contribution in [-0.4, -0.2) is 51.8 Å². The van der Waals surface area contributed by atoms with Gasteiger partial charge in [0.15, 0.2) is 0 Å². The number of benzene rings is 1. The number of aromatic nitrogens is 3. The van der Waals surface area contributed by atoms with Gasteiger partial charge in [-0.1, -0.05) is 30.3 Å². The summed E-state index contributed by atoms with van der Waals surface area (Å²) in [4.78, 5) is 22.5. The standard InChI is InChI=1S/C25H23N5OS/c31-24(29-16-14-28(15-17-29)23-10-4-5-13-26-23)12-11-20-19-30(21-7-2-1-3-8-21)27-25(20)22-9-6-18-32-22/h1-13,18-19H,14-17H2. The number of carbonyl (C=O) groups excluding carboxylic acids is 1. The predicted molar refractivity (Wildman–Crippen MR) is 129 cm³/mol. The summed E-state index contributed by atoms with van der Waals surface area (Å²) < 4.78 is 1.87. The van der Waals surface area contributed by atoms with E-state index >= 15 is 0 Å². The van der Waals surface area contributed by atoms with Gasteiger partial charge in [0.05, 0.1) is 10.6 Å². The van der Waals surface area contributed by atoms with Crippen molar-refractivity contribution in [2.75, 3.05) is 31.1 Å². The van der Waals surface area contributed by atoms with E-state index in [-0.39, 0.29) is 5.91 Å². The van der Waals surface area contributed by atoms with Crippen molar-refractivity contribution in [1.82, 2.24) is 19.7 Å². The van der Waals surface area contributed by atoms with Gasteiger partial charge in [0.25, 0.3) is 0 Å². The van der Waals surface area contributed by atoms with Crippen LogP contribution in [-0.2, 0) is 4.79 Å². The van der Waals surface area contributed by atoms with Crippen LogP contribution in [0.25, 0.3) is 22.3 Å². The molecule has 32 heavy (non-hydrogen) atoms. The predicted octanol–water partition coefficient (Wildman–Crippen LogP) is 4.36. The third-order valence-corrected chi connectivity index (χ3v) is 6.36. The van der Waals surface area contributed by atoms with Crippen LogP contribution in [0.2, 0.25) is 0 Å². The lowest BCUT2D eigenvalue weighted by molar-refractivity contribution is -0.126. The van der Waals surface area contributed by atoms with E-state index in [1.54, 1.807) is 23.6 Å². The van der Waals surface area contributed by atoms with E-state index in [1.165, 1.54) is 0 Å². The SMILES string of the molecule is O=C(C=Cc1cn(-c2ccccc2)nc1-c1cccs1)N1CCN(c2ccccn2)CC1. The zero-order valence-electron chi connectivity index (χ0n) is 17.5. The highest BCUT2D eigenvalue weighted by molar-refractivity contribution is 7.13. The van der Waals surface area contributed by atoms with Crippen molar-refractivity contribution in [3.8, 4) is 16.3 Å². The molecule has 0 spiro atoms. The minimum atomic E-state index is 0.0234. The highest BCUT2D eigenvalue weighted by Crippen LogP contribution is 2.28. The molecule has 0 aliphatic carbocycles. The first kappa shape index (κ1) is 20.2. The fourth-order valence-electron chi connectivity index (χ4n) is 3.79. The van der Waals surface area contributed by atoms with E-state index in [0.717, 1.165) is 40.7 Å². The number of rotatable bonds is 5. The number of piperazine rings is 1. The van der Waals surface area contributed by atoms with Gasteiger partial charge < -0.3 is 9.80 Å². The fourth-order valence-corrected chi connectivity index (χ4v) is 4.52. The fraction of sp³-hybridized carbons (Fsp3) is 0.160. The molecule has 0 N–H and O–H groups in total. The number of para-hydroxylation sites is 1. The minimum Gasteiger partial charge on any atom is -0.353 e. The summed E-state index contributed by atoms with van der Waals surface area (Å²) in [7, 11) is 0. The molecule has 0 unspecified atom stereocenters. The third-order valence-electron chi connectivity index (χ3n) is 5.49. The van der Waals surface area contributed by atoms with Gasteiger partial charge in [0.2, 0.25) is 5.91 Å². The van der Waals surface area contributed by atoms with Crippen LogP contribution in [0, 0.1) is 0 Å². The smallest absolute Gasteiger partial charge is 0.246 e. The summed E-state index contributed by atoms with van der Waals surface area (Å²) in [5, 5.41) is 6.83. The Morgan fingerprint density at radius 1 is 0.938 bits per heavy atom. The molecule has 0 saturated carbocycles.